The highest BCUT2D eigenvalue weighted by Crippen LogP contribution is 2.30. The second kappa shape index (κ2) is 7.01. The summed E-state index contributed by atoms with van der Waals surface area (Å²) in [5, 5.41) is 7.27. The first kappa shape index (κ1) is 16.8. The lowest BCUT2D eigenvalue weighted by molar-refractivity contribution is 0.627. The van der Waals surface area contributed by atoms with Gasteiger partial charge >= 0.3 is 0 Å². The number of hydrogen-bond donors (Lipinski definition) is 0. The van der Waals surface area contributed by atoms with Crippen LogP contribution in [0.3, 0.4) is 0 Å². The van der Waals surface area contributed by atoms with E-state index in [0.29, 0.717) is 5.65 Å². The summed E-state index contributed by atoms with van der Waals surface area (Å²) >= 11 is 1.62. The van der Waals surface area contributed by atoms with Gasteiger partial charge < -0.3 is 0 Å². The van der Waals surface area contributed by atoms with Gasteiger partial charge in [0.15, 0.2) is 5.65 Å². The second-order valence-corrected chi connectivity index (χ2v) is 7.19. The van der Waals surface area contributed by atoms with Crippen molar-refractivity contribution in [3.8, 4) is 5.69 Å². The van der Waals surface area contributed by atoms with Crippen LogP contribution in [-0.4, -0.2) is 24.7 Å². The number of rotatable bonds is 4. The molecular weight excluding hydrogens is 373 g/mol. The molecule has 5 rings (SSSR count). The number of pyridine rings is 1. The van der Waals surface area contributed by atoms with Gasteiger partial charge in [-0.05, 0) is 35.9 Å². The average molecular weight is 387 g/mol. The molecule has 0 amide bonds. The van der Waals surface area contributed by atoms with Crippen LogP contribution >= 0.6 is 11.8 Å². The predicted octanol–water partition coefficient (Wildman–Crippen LogP) is 4.80. The van der Waals surface area contributed by atoms with E-state index in [1.54, 1.807) is 34.8 Å². The SMILES string of the molecule is Fc1ccc(-n2ncc3c(SCc4cccc5cccnc45)ncnc32)cc1. The van der Waals surface area contributed by atoms with Crippen LogP contribution in [0.4, 0.5) is 4.39 Å². The number of halogens is 1. The van der Waals surface area contributed by atoms with Crippen molar-refractivity contribution in [3.05, 3.63) is 84.7 Å². The fourth-order valence-electron chi connectivity index (χ4n) is 3.14. The average Bonchev–Trinajstić information content (AvgIpc) is 3.17. The molecule has 7 heteroatoms. The number of para-hydroxylation sites is 1. The van der Waals surface area contributed by atoms with Crippen molar-refractivity contribution < 1.29 is 4.39 Å². The maximum Gasteiger partial charge on any atom is 0.167 e. The standard InChI is InChI=1S/C21H14FN5S/c22-16-6-8-17(9-7-16)27-20-18(11-26-27)21(25-13-24-20)28-12-15-4-1-3-14-5-2-10-23-19(14)15/h1-11,13H,12H2. The Labute approximate surface area is 164 Å². The first-order chi connectivity index (χ1) is 13.8. The monoisotopic (exact) mass is 387 g/mol. The minimum atomic E-state index is -0.283. The van der Waals surface area contributed by atoms with Crippen LogP contribution < -0.4 is 0 Å². The number of nitrogens with zero attached hydrogens (tertiary/aromatic N) is 5. The van der Waals surface area contributed by atoms with E-state index in [1.165, 1.54) is 18.5 Å². The lowest BCUT2D eigenvalue weighted by Crippen LogP contribution is -1.98. The Morgan fingerprint density at radius 3 is 2.68 bits per heavy atom. The quantitative estimate of drug-likeness (QED) is 0.328. The Bertz CT molecular complexity index is 1280. The molecule has 0 aliphatic heterocycles. The Balaban J connectivity index is 1.49. The predicted molar refractivity (Wildman–Crippen MR) is 108 cm³/mol. The Morgan fingerprint density at radius 2 is 1.79 bits per heavy atom. The Morgan fingerprint density at radius 1 is 0.929 bits per heavy atom. The summed E-state index contributed by atoms with van der Waals surface area (Å²) < 4.78 is 14.9. The van der Waals surface area contributed by atoms with Crippen LogP contribution in [0.5, 0.6) is 0 Å². The van der Waals surface area contributed by atoms with Crippen molar-refractivity contribution in [1.82, 2.24) is 24.7 Å². The summed E-state index contributed by atoms with van der Waals surface area (Å²) in [5.74, 6) is 0.456. The highest BCUT2D eigenvalue weighted by Gasteiger charge is 2.12. The summed E-state index contributed by atoms with van der Waals surface area (Å²) in [5.41, 5.74) is 3.61. The zero-order valence-electron chi connectivity index (χ0n) is 14.7. The van der Waals surface area contributed by atoms with Crippen molar-refractivity contribution >= 4 is 33.7 Å². The van der Waals surface area contributed by atoms with Crippen molar-refractivity contribution in [2.24, 2.45) is 0 Å². The van der Waals surface area contributed by atoms with Gasteiger partial charge in [0.25, 0.3) is 0 Å². The van der Waals surface area contributed by atoms with Crippen LogP contribution in [0.1, 0.15) is 5.56 Å². The molecule has 0 aliphatic rings. The molecule has 2 aromatic carbocycles. The summed E-state index contributed by atoms with van der Waals surface area (Å²) in [6.45, 7) is 0. The van der Waals surface area contributed by atoms with Crippen LogP contribution in [-0.2, 0) is 5.75 Å². The fraction of sp³-hybridized carbons (Fsp3) is 0.0476. The van der Waals surface area contributed by atoms with E-state index in [4.69, 9.17) is 0 Å². The van der Waals surface area contributed by atoms with Gasteiger partial charge in [0, 0.05) is 17.3 Å². The maximum absolute atomic E-state index is 13.2. The van der Waals surface area contributed by atoms with Gasteiger partial charge in [0.2, 0.25) is 0 Å². The van der Waals surface area contributed by atoms with E-state index < -0.39 is 0 Å². The molecule has 0 N–H and O–H groups in total. The van der Waals surface area contributed by atoms with Crippen molar-refractivity contribution in [3.63, 3.8) is 0 Å². The lowest BCUT2D eigenvalue weighted by atomic mass is 10.1. The highest BCUT2D eigenvalue weighted by molar-refractivity contribution is 7.98. The van der Waals surface area contributed by atoms with Crippen LogP contribution in [0.15, 0.2) is 78.3 Å². The molecule has 0 saturated heterocycles. The first-order valence-electron chi connectivity index (χ1n) is 8.70. The van der Waals surface area contributed by atoms with Gasteiger partial charge in [-0.2, -0.15) is 5.10 Å². The molecular formula is C21H14FN5S. The molecule has 0 fully saturated rings. The van der Waals surface area contributed by atoms with E-state index in [-0.39, 0.29) is 5.82 Å². The highest BCUT2D eigenvalue weighted by atomic mass is 32.2. The molecule has 28 heavy (non-hydrogen) atoms. The normalized spacial score (nSPS) is 11.3. The summed E-state index contributed by atoms with van der Waals surface area (Å²) in [4.78, 5) is 13.3. The molecule has 0 aliphatic carbocycles. The molecule has 0 unspecified atom stereocenters. The minimum absolute atomic E-state index is 0.283. The van der Waals surface area contributed by atoms with Gasteiger partial charge in [-0.15, -0.1) is 11.8 Å². The van der Waals surface area contributed by atoms with E-state index in [0.717, 1.165) is 38.3 Å². The first-order valence-corrected chi connectivity index (χ1v) is 9.68. The summed E-state index contributed by atoms with van der Waals surface area (Å²) in [7, 11) is 0. The van der Waals surface area contributed by atoms with Gasteiger partial charge in [0.1, 0.15) is 17.2 Å². The van der Waals surface area contributed by atoms with E-state index >= 15 is 0 Å². The van der Waals surface area contributed by atoms with Gasteiger partial charge in [-0.3, -0.25) is 4.98 Å². The zero-order chi connectivity index (χ0) is 18.9. The van der Waals surface area contributed by atoms with E-state index in [9.17, 15) is 4.39 Å². The van der Waals surface area contributed by atoms with Crippen molar-refractivity contribution in [2.45, 2.75) is 10.8 Å². The molecule has 0 bridgehead atoms. The largest absolute Gasteiger partial charge is 0.256 e. The lowest BCUT2D eigenvalue weighted by Gasteiger charge is -2.06. The molecule has 3 aromatic heterocycles. The minimum Gasteiger partial charge on any atom is -0.256 e. The van der Waals surface area contributed by atoms with Gasteiger partial charge in [-0.1, -0.05) is 24.3 Å². The number of fused-ring (bicyclic) bond motifs is 2. The van der Waals surface area contributed by atoms with Gasteiger partial charge in [0.05, 0.1) is 22.8 Å². The molecule has 0 spiro atoms. The number of aromatic nitrogens is 5. The van der Waals surface area contributed by atoms with Crippen molar-refractivity contribution in [2.75, 3.05) is 0 Å². The molecule has 136 valence electrons. The third-order valence-corrected chi connectivity index (χ3v) is 5.54. The molecule has 5 aromatic rings. The van der Waals surface area contributed by atoms with E-state index in [1.807, 2.05) is 18.3 Å². The third kappa shape index (κ3) is 2.99. The topological polar surface area (TPSA) is 56.5 Å². The summed E-state index contributed by atoms with van der Waals surface area (Å²) in [6.07, 6.45) is 5.10. The number of benzene rings is 2. The molecule has 0 radical (unpaired) electrons. The second-order valence-electron chi connectivity index (χ2n) is 6.23. The van der Waals surface area contributed by atoms with Gasteiger partial charge in [-0.25, -0.2) is 19.0 Å². The fourth-order valence-corrected chi connectivity index (χ4v) is 4.09. The zero-order valence-corrected chi connectivity index (χ0v) is 15.5. The van der Waals surface area contributed by atoms with Crippen molar-refractivity contribution in [1.29, 1.82) is 0 Å². The number of thioether (sulfide) groups is 1. The van der Waals surface area contributed by atoms with Crippen LogP contribution in [0.2, 0.25) is 0 Å². The smallest absolute Gasteiger partial charge is 0.167 e. The van der Waals surface area contributed by atoms with Crippen LogP contribution in [0.25, 0.3) is 27.6 Å². The third-order valence-electron chi connectivity index (χ3n) is 4.48. The maximum atomic E-state index is 13.2. The van der Waals surface area contributed by atoms with E-state index in [2.05, 4.69) is 38.2 Å². The molecule has 3 heterocycles. The molecule has 0 saturated carbocycles. The number of hydrogen-bond acceptors (Lipinski definition) is 5. The Kier molecular flexibility index (Phi) is 4.21. The Hall–Kier alpha value is -3.32. The molecule has 0 atom stereocenters. The van der Waals surface area contributed by atoms with Crippen LogP contribution in [0, 0.1) is 5.82 Å². The summed E-state index contributed by atoms with van der Waals surface area (Å²) in [6, 6.07) is 16.4. The molecule has 5 nitrogen and oxygen atoms in total.